The van der Waals surface area contributed by atoms with E-state index >= 15 is 0 Å². The van der Waals surface area contributed by atoms with Gasteiger partial charge in [0.25, 0.3) is 0 Å². The van der Waals surface area contributed by atoms with E-state index in [0.29, 0.717) is 16.9 Å². The molecule has 0 spiro atoms. The van der Waals surface area contributed by atoms with Gasteiger partial charge in [0.15, 0.2) is 5.58 Å². The number of alkyl halides is 3. The van der Waals surface area contributed by atoms with Crippen LogP contribution in [0.25, 0.3) is 11.1 Å². The highest BCUT2D eigenvalue weighted by atomic mass is 19.4. The van der Waals surface area contributed by atoms with Crippen LogP contribution in [0.3, 0.4) is 0 Å². The van der Waals surface area contributed by atoms with Gasteiger partial charge >= 0.3 is 12.1 Å². The second-order valence-electron chi connectivity index (χ2n) is 6.03. The number of amides is 1. The van der Waals surface area contributed by atoms with Crippen LogP contribution in [0.4, 0.5) is 18.9 Å². The van der Waals surface area contributed by atoms with Crippen LogP contribution in [0, 0.1) is 6.92 Å². The lowest BCUT2D eigenvalue weighted by Gasteiger charge is -2.14. The molecule has 3 aromatic rings. The van der Waals surface area contributed by atoms with Gasteiger partial charge in [-0.25, -0.2) is 4.79 Å². The van der Waals surface area contributed by atoms with Crippen LogP contribution in [0.2, 0.25) is 0 Å². The number of ether oxygens (including phenoxy) is 1. The minimum atomic E-state index is -4.61. The van der Waals surface area contributed by atoms with Crippen LogP contribution in [0.1, 0.15) is 28.7 Å². The highest BCUT2D eigenvalue weighted by Crippen LogP contribution is 2.34. The zero-order valence-corrected chi connectivity index (χ0v) is 15.1. The summed E-state index contributed by atoms with van der Waals surface area (Å²) in [6.45, 7) is 3.09. The Bertz CT molecular complexity index is 1030. The van der Waals surface area contributed by atoms with Crippen molar-refractivity contribution in [3.05, 3.63) is 53.4 Å². The van der Waals surface area contributed by atoms with Gasteiger partial charge in [0.2, 0.25) is 5.91 Å². The number of hydrogen-bond donors (Lipinski definition) is 1. The molecule has 0 aliphatic heterocycles. The third kappa shape index (κ3) is 3.88. The van der Waals surface area contributed by atoms with E-state index in [-0.39, 0.29) is 24.5 Å². The molecule has 2 heterocycles. The van der Waals surface area contributed by atoms with Crippen molar-refractivity contribution in [2.24, 2.45) is 0 Å². The molecule has 0 unspecified atom stereocenters. The van der Waals surface area contributed by atoms with E-state index in [0.717, 1.165) is 6.07 Å². The van der Waals surface area contributed by atoms with Gasteiger partial charge in [0.1, 0.15) is 18.0 Å². The second-order valence-corrected chi connectivity index (χ2v) is 6.03. The standard InChI is InChI=1S/C19H17F3N2O4/c1-3-27-18(26)15-9-16-14(8-11(2)28-16)24(15)10-17(25)23-13-7-5-4-6-12(13)19(20,21)22/h4-9H,3,10H2,1-2H3,(H,23,25). The predicted octanol–water partition coefficient (Wildman–Crippen LogP) is 4.38. The van der Waals surface area contributed by atoms with E-state index in [4.69, 9.17) is 9.15 Å². The Morgan fingerprint density at radius 2 is 1.93 bits per heavy atom. The number of benzene rings is 1. The highest BCUT2D eigenvalue weighted by Gasteiger charge is 2.33. The third-order valence-electron chi connectivity index (χ3n) is 4.01. The lowest BCUT2D eigenvalue weighted by atomic mass is 10.1. The molecular weight excluding hydrogens is 377 g/mol. The first-order valence-corrected chi connectivity index (χ1v) is 8.43. The highest BCUT2D eigenvalue weighted by molar-refractivity contribution is 5.97. The first-order chi connectivity index (χ1) is 13.2. The maximum absolute atomic E-state index is 13.1. The number of aryl methyl sites for hydroxylation is 1. The quantitative estimate of drug-likeness (QED) is 0.652. The summed E-state index contributed by atoms with van der Waals surface area (Å²) >= 11 is 0. The molecule has 1 amide bonds. The molecule has 0 atom stereocenters. The number of carbonyl (C=O) groups excluding carboxylic acids is 2. The minimum Gasteiger partial charge on any atom is -0.461 e. The molecule has 0 saturated carbocycles. The zero-order valence-electron chi connectivity index (χ0n) is 15.1. The average Bonchev–Trinajstić information content (AvgIpc) is 3.12. The number of para-hydroxylation sites is 1. The monoisotopic (exact) mass is 394 g/mol. The predicted molar refractivity (Wildman–Crippen MR) is 95.0 cm³/mol. The van der Waals surface area contributed by atoms with E-state index in [9.17, 15) is 22.8 Å². The van der Waals surface area contributed by atoms with E-state index in [1.54, 1.807) is 19.9 Å². The maximum Gasteiger partial charge on any atom is 0.418 e. The molecule has 0 aliphatic carbocycles. The first-order valence-electron chi connectivity index (χ1n) is 8.43. The normalized spacial score (nSPS) is 11.6. The topological polar surface area (TPSA) is 73.5 Å². The van der Waals surface area contributed by atoms with Crippen molar-refractivity contribution in [2.45, 2.75) is 26.6 Å². The fourth-order valence-electron chi connectivity index (χ4n) is 2.88. The Morgan fingerprint density at radius 1 is 1.21 bits per heavy atom. The molecule has 1 N–H and O–H groups in total. The smallest absolute Gasteiger partial charge is 0.418 e. The molecule has 0 bridgehead atoms. The van der Waals surface area contributed by atoms with Gasteiger partial charge in [0.05, 0.1) is 23.4 Å². The molecule has 0 fully saturated rings. The van der Waals surface area contributed by atoms with Crippen LogP contribution >= 0.6 is 0 Å². The number of aromatic nitrogens is 1. The molecule has 28 heavy (non-hydrogen) atoms. The van der Waals surface area contributed by atoms with Crippen LogP contribution in [0.5, 0.6) is 0 Å². The van der Waals surface area contributed by atoms with Gasteiger partial charge in [-0.15, -0.1) is 0 Å². The van der Waals surface area contributed by atoms with Crippen LogP contribution < -0.4 is 5.32 Å². The third-order valence-corrected chi connectivity index (χ3v) is 4.01. The van der Waals surface area contributed by atoms with E-state index in [2.05, 4.69) is 5.32 Å². The summed E-state index contributed by atoms with van der Waals surface area (Å²) in [7, 11) is 0. The first kappa shape index (κ1) is 19.5. The number of carbonyl (C=O) groups is 2. The number of anilines is 1. The number of rotatable bonds is 5. The summed E-state index contributed by atoms with van der Waals surface area (Å²) in [4.78, 5) is 24.6. The number of esters is 1. The van der Waals surface area contributed by atoms with Crippen molar-refractivity contribution in [3.63, 3.8) is 0 Å². The molecule has 148 valence electrons. The van der Waals surface area contributed by atoms with Crippen molar-refractivity contribution in [3.8, 4) is 0 Å². The van der Waals surface area contributed by atoms with E-state index in [1.807, 2.05) is 0 Å². The summed E-state index contributed by atoms with van der Waals surface area (Å²) in [6, 6.07) is 7.75. The van der Waals surface area contributed by atoms with Crippen molar-refractivity contribution in [1.82, 2.24) is 4.57 Å². The fourth-order valence-corrected chi connectivity index (χ4v) is 2.88. The molecule has 0 aliphatic rings. The minimum absolute atomic E-state index is 0.0786. The Hall–Kier alpha value is -3.23. The molecule has 3 rings (SSSR count). The van der Waals surface area contributed by atoms with Crippen LogP contribution in [-0.2, 0) is 22.3 Å². The zero-order chi connectivity index (χ0) is 20.5. The summed E-state index contributed by atoms with van der Waals surface area (Å²) in [5.41, 5.74) is -0.381. The van der Waals surface area contributed by atoms with Crippen molar-refractivity contribution in [1.29, 1.82) is 0 Å². The Balaban J connectivity index is 1.91. The Kier molecular flexibility index (Phi) is 5.17. The fraction of sp³-hybridized carbons (Fsp3) is 0.263. The molecule has 9 heteroatoms. The van der Waals surface area contributed by atoms with Gasteiger partial charge in [-0.3, -0.25) is 4.79 Å². The molecule has 2 aromatic heterocycles. The number of nitrogens with zero attached hydrogens (tertiary/aromatic N) is 1. The van der Waals surface area contributed by atoms with Gasteiger partial charge in [-0.2, -0.15) is 13.2 Å². The molecule has 6 nitrogen and oxygen atoms in total. The summed E-state index contributed by atoms with van der Waals surface area (Å²) in [5, 5.41) is 2.26. The van der Waals surface area contributed by atoms with Gasteiger partial charge in [0, 0.05) is 12.1 Å². The lowest BCUT2D eigenvalue weighted by molar-refractivity contribution is -0.137. The molecule has 1 aromatic carbocycles. The van der Waals surface area contributed by atoms with Crippen LogP contribution in [-0.4, -0.2) is 23.1 Å². The number of halogens is 3. The maximum atomic E-state index is 13.1. The number of hydrogen-bond acceptors (Lipinski definition) is 4. The van der Waals surface area contributed by atoms with E-state index in [1.165, 1.54) is 28.8 Å². The van der Waals surface area contributed by atoms with Crippen LogP contribution in [0.15, 0.2) is 40.8 Å². The Labute approximate surface area is 157 Å². The number of nitrogens with one attached hydrogen (secondary N) is 1. The SMILES string of the molecule is CCOC(=O)c1cc2oc(C)cc2n1CC(=O)Nc1ccccc1C(F)(F)F. The average molecular weight is 394 g/mol. The summed E-state index contributed by atoms with van der Waals surface area (Å²) in [5.74, 6) is -0.814. The lowest BCUT2D eigenvalue weighted by Crippen LogP contribution is -2.23. The summed E-state index contributed by atoms with van der Waals surface area (Å²) < 4.78 is 51.1. The molecule has 0 saturated heterocycles. The van der Waals surface area contributed by atoms with Crippen molar-refractivity contribution in [2.75, 3.05) is 11.9 Å². The van der Waals surface area contributed by atoms with Gasteiger partial charge < -0.3 is 19.0 Å². The van der Waals surface area contributed by atoms with Gasteiger partial charge in [-0.05, 0) is 26.0 Å². The van der Waals surface area contributed by atoms with Crippen molar-refractivity contribution < 1.29 is 31.9 Å². The van der Waals surface area contributed by atoms with Crippen molar-refractivity contribution >= 4 is 28.7 Å². The number of fused-ring (bicyclic) bond motifs is 1. The largest absolute Gasteiger partial charge is 0.461 e. The second kappa shape index (κ2) is 7.41. The van der Waals surface area contributed by atoms with E-state index < -0.39 is 23.6 Å². The summed E-state index contributed by atoms with van der Waals surface area (Å²) in [6.07, 6.45) is -4.61. The Morgan fingerprint density at radius 3 is 2.61 bits per heavy atom. The van der Waals surface area contributed by atoms with Gasteiger partial charge in [-0.1, -0.05) is 12.1 Å². The number of furan rings is 1. The molecular formula is C19H17F3N2O4. The molecule has 0 radical (unpaired) electrons.